The molecule has 0 saturated heterocycles. The highest BCUT2D eigenvalue weighted by Crippen LogP contribution is 2.18. The first-order chi connectivity index (χ1) is 11.9. The summed E-state index contributed by atoms with van der Waals surface area (Å²) < 4.78 is 1.70. The smallest absolute Gasteiger partial charge is 0.261 e. The summed E-state index contributed by atoms with van der Waals surface area (Å²) in [5.41, 5.74) is 3.06. The Morgan fingerprint density at radius 1 is 1.24 bits per heavy atom. The molecule has 0 aliphatic rings. The van der Waals surface area contributed by atoms with E-state index in [1.807, 2.05) is 38.1 Å². The van der Waals surface area contributed by atoms with E-state index in [-0.39, 0.29) is 17.5 Å². The Bertz CT molecular complexity index is 1080. The summed E-state index contributed by atoms with van der Waals surface area (Å²) >= 11 is 5.13. The maximum Gasteiger partial charge on any atom is 0.261 e. The first-order valence-corrected chi connectivity index (χ1v) is 8.39. The lowest BCUT2D eigenvalue weighted by atomic mass is 10.0. The summed E-state index contributed by atoms with van der Waals surface area (Å²) in [7, 11) is 1.62. The van der Waals surface area contributed by atoms with Gasteiger partial charge >= 0.3 is 0 Å². The zero-order valence-corrected chi connectivity index (χ0v) is 15.1. The van der Waals surface area contributed by atoms with Gasteiger partial charge in [0, 0.05) is 12.6 Å². The van der Waals surface area contributed by atoms with E-state index in [1.54, 1.807) is 25.2 Å². The predicted molar refractivity (Wildman–Crippen MR) is 101 cm³/mol. The Balaban J connectivity index is 1.93. The van der Waals surface area contributed by atoms with Crippen LogP contribution in [0.25, 0.3) is 10.9 Å². The predicted octanol–water partition coefficient (Wildman–Crippen LogP) is 3.40. The minimum atomic E-state index is -0.197. The number of benzene rings is 2. The van der Waals surface area contributed by atoms with E-state index in [9.17, 15) is 9.59 Å². The van der Waals surface area contributed by atoms with Crippen LogP contribution in [0, 0.1) is 11.7 Å². The normalized spacial score (nSPS) is 12.1. The minimum Gasteiger partial charge on any atom is -0.346 e. The molecular weight excluding hydrogens is 334 g/mol. The second kappa shape index (κ2) is 6.64. The summed E-state index contributed by atoms with van der Waals surface area (Å²) in [5, 5.41) is 3.50. The van der Waals surface area contributed by atoms with Gasteiger partial charge in [-0.05, 0) is 55.4 Å². The largest absolute Gasteiger partial charge is 0.346 e. The van der Waals surface area contributed by atoms with E-state index in [1.165, 1.54) is 4.57 Å². The van der Waals surface area contributed by atoms with Crippen LogP contribution in [0.3, 0.4) is 0 Å². The van der Waals surface area contributed by atoms with Crippen LogP contribution < -0.4 is 10.9 Å². The monoisotopic (exact) mass is 353 g/mol. The van der Waals surface area contributed by atoms with Gasteiger partial charge in [-0.2, -0.15) is 0 Å². The molecule has 2 N–H and O–H groups in total. The maximum atomic E-state index is 12.6. The number of aromatic amines is 1. The molecule has 6 heteroatoms. The first kappa shape index (κ1) is 17.1. The van der Waals surface area contributed by atoms with Crippen LogP contribution in [0.1, 0.15) is 34.5 Å². The number of amides is 1. The van der Waals surface area contributed by atoms with Gasteiger partial charge in [0.25, 0.3) is 11.5 Å². The second-order valence-electron chi connectivity index (χ2n) is 6.11. The molecule has 25 heavy (non-hydrogen) atoms. The third kappa shape index (κ3) is 3.25. The van der Waals surface area contributed by atoms with Gasteiger partial charge in [0.15, 0.2) is 4.77 Å². The van der Waals surface area contributed by atoms with Crippen molar-refractivity contribution >= 4 is 29.0 Å². The molecule has 5 nitrogen and oxygen atoms in total. The number of fused-ring (bicyclic) bond motifs is 1. The number of hydrogen-bond acceptors (Lipinski definition) is 3. The zero-order chi connectivity index (χ0) is 18.1. The van der Waals surface area contributed by atoms with Crippen molar-refractivity contribution in [1.82, 2.24) is 14.9 Å². The van der Waals surface area contributed by atoms with Crippen LogP contribution >= 0.6 is 12.2 Å². The van der Waals surface area contributed by atoms with Crippen molar-refractivity contribution in [3.05, 3.63) is 74.3 Å². The van der Waals surface area contributed by atoms with E-state index < -0.39 is 0 Å². The van der Waals surface area contributed by atoms with Crippen molar-refractivity contribution in [2.75, 3.05) is 0 Å². The molecule has 128 valence electrons. The Morgan fingerprint density at radius 3 is 2.68 bits per heavy atom. The lowest BCUT2D eigenvalue weighted by Crippen LogP contribution is -2.27. The van der Waals surface area contributed by atoms with Gasteiger partial charge in [0.05, 0.1) is 16.9 Å². The molecule has 0 aliphatic heterocycles. The standard InChI is InChI=1S/C19H19N3O2S/c1-11-6-4-5-7-14(11)12(2)20-17(23)13-8-9-15-16(10-13)21-19(25)22(3)18(15)24/h4-10,12H,1-3H3,(H,20,23)(H,21,25)/t12-/m0/s1. The fourth-order valence-electron chi connectivity index (χ4n) is 2.88. The number of carbonyl (C=O) groups excluding carboxylic acids is 1. The molecule has 1 aromatic heterocycles. The van der Waals surface area contributed by atoms with Crippen LogP contribution in [-0.2, 0) is 7.05 Å². The molecule has 0 radical (unpaired) electrons. The van der Waals surface area contributed by atoms with Gasteiger partial charge in [0.2, 0.25) is 0 Å². The van der Waals surface area contributed by atoms with Gasteiger partial charge < -0.3 is 10.3 Å². The van der Waals surface area contributed by atoms with Gasteiger partial charge in [-0.15, -0.1) is 0 Å². The topological polar surface area (TPSA) is 66.9 Å². The molecular formula is C19H19N3O2S. The average molecular weight is 353 g/mol. The fraction of sp³-hybridized carbons (Fsp3) is 0.211. The van der Waals surface area contributed by atoms with Crippen molar-refractivity contribution in [3.63, 3.8) is 0 Å². The molecule has 3 rings (SSSR count). The molecule has 1 heterocycles. The first-order valence-electron chi connectivity index (χ1n) is 7.98. The Morgan fingerprint density at radius 2 is 1.96 bits per heavy atom. The lowest BCUT2D eigenvalue weighted by Gasteiger charge is -2.16. The SMILES string of the molecule is Cc1ccccc1[C@H](C)NC(=O)c1ccc2c(=O)n(C)c(=S)[nH]c2c1. The number of nitrogens with one attached hydrogen (secondary N) is 2. The number of rotatable bonds is 3. The fourth-order valence-corrected chi connectivity index (χ4v) is 3.07. The molecule has 0 aliphatic carbocycles. The number of hydrogen-bond donors (Lipinski definition) is 2. The molecule has 0 saturated carbocycles. The highest BCUT2D eigenvalue weighted by molar-refractivity contribution is 7.71. The van der Waals surface area contributed by atoms with Crippen molar-refractivity contribution in [2.45, 2.75) is 19.9 Å². The summed E-state index contributed by atoms with van der Waals surface area (Å²) in [6, 6.07) is 12.8. The van der Waals surface area contributed by atoms with Crippen molar-refractivity contribution in [3.8, 4) is 0 Å². The third-order valence-electron chi connectivity index (χ3n) is 4.37. The van der Waals surface area contributed by atoms with Crippen LogP contribution in [0.2, 0.25) is 0 Å². The van der Waals surface area contributed by atoms with Crippen molar-refractivity contribution in [2.24, 2.45) is 7.05 Å². The van der Waals surface area contributed by atoms with E-state index in [0.29, 0.717) is 21.2 Å². The second-order valence-corrected chi connectivity index (χ2v) is 6.49. The minimum absolute atomic E-state index is 0.119. The molecule has 2 aromatic carbocycles. The molecule has 3 aromatic rings. The van der Waals surface area contributed by atoms with Crippen molar-refractivity contribution in [1.29, 1.82) is 0 Å². The Hall–Kier alpha value is -2.73. The molecule has 0 spiro atoms. The van der Waals surface area contributed by atoms with Crippen LogP contribution in [0.5, 0.6) is 0 Å². The van der Waals surface area contributed by atoms with E-state index in [4.69, 9.17) is 12.2 Å². The van der Waals surface area contributed by atoms with Gasteiger partial charge in [-0.3, -0.25) is 14.2 Å². The highest BCUT2D eigenvalue weighted by Gasteiger charge is 2.14. The van der Waals surface area contributed by atoms with E-state index in [2.05, 4.69) is 10.3 Å². The van der Waals surface area contributed by atoms with Crippen molar-refractivity contribution < 1.29 is 4.79 Å². The number of nitrogens with zero attached hydrogens (tertiary/aromatic N) is 1. The summed E-state index contributed by atoms with van der Waals surface area (Å²) in [5.74, 6) is -0.197. The van der Waals surface area contributed by atoms with Crippen LogP contribution in [0.4, 0.5) is 0 Å². The molecule has 1 atom stereocenters. The van der Waals surface area contributed by atoms with Crippen LogP contribution in [-0.4, -0.2) is 15.5 Å². The Labute approximate surface area is 150 Å². The molecule has 0 fully saturated rings. The summed E-state index contributed by atoms with van der Waals surface area (Å²) in [4.78, 5) is 27.8. The van der Waals surface area contributed by atoms with Crippen LogP contribution in [0.15, 0.2) is 47.3 Å². The quantitative estimate of drug-likeness (QED) is 0.709. The maximum absolute atomic E-state index is 12.6. The lowest BCUT2D eigenvalue weighted by molar-refractivity contribution is 0.0940. The third-order valence-corrected chi connectivity index (χ3v) is 4.74. The highest BCUT2D eigenvalue weighted by atomic mass is 32.1. The molecule has 0 bridgehead atoms. The van der Waals surface area contributed by atoms with E-state index in [0.717, 1.165) is 11.1 Å². The molecule has 1 amide bonds. The summed E-state index contributed by atoms with van der Waals surface area (Å²) in [6.07, 6.45) is 0. The van der Waals surface area contributed by atoms with Gasteiger partial charge in [-0.1, -0.05) is 24.3 Å². The number of carbonyl (C=O) groups is 1. The molecule has 0 unspecified atom stereocenters. The number of aryl methyl sites for hydroxylation is 1. The van der Waals surface area contributed by atoms with Gasteiger partial charge in [-0.25, -0.2) is 0 Å². The summed E-state index contributed by atoms with van der Waals surface area (Å²) in [6.45, 7) is 3.97. The number of aromatic nitrogens is 2. The van der Waals surface area contributed by atoms with Gasteiger partial charge in [0.1, 0.15) is 0 Å². The van der Waals surface area contributed by atoms with E-state index >= 15 is 0 Å². The Kier molecular flexibility index (Phi) is 4.55. The number of H-pyrrole nitrogens is 1. The zero-order valence-electron chi connectivity index (χ0n) is 14.3. The average Bonchev–Trinajstić information content (AvgIpc) is 2.59.